The molecule has 4 unspecified atom stereocenters. The minimum absolute atomic E-state index is 0.0743. The number of esters is 1. The topological polar surface area (TPSA) is 50.1 Å². The van der Waals surface area contributed by atoms with Crippen LogP contribution in [0.3, 0.4) is 0 Å². The van der Waals surface area contributed by atoms with Gasteiger partial charge in [-0.15, -0.1) is 11.8 Å². The molecule has 4 atom stereocenters. The third kappa shape index (κ3) is 5.36. The Hall–Kier alpha value is -0.690. The van der Waals surface area contributed by atoms with Gasteiger partial charge in [0.1, 0.15) is 6.10 Å². The van der Waals surface area contributed by atoms with E-state index in [2.05, 4.69) is 26.8 Å². The number of rotatable bonds is 6. The molecule has 4 heteroatoms. The average molecular weight is 297 g/mol. The van der Waals surface area contributed by atoms with Gasteiger partial charge in [0.2, 0.25) is 0 Å². The van der Waals surface area contributed by atoms with Gasteiger partial charge in [0.15, 0.2) is 0 Å². The summed E-state index contributed by atoms with van der Waals surface area (Å²) in [5.41, 5.74) is 0. The molecule has 114 valence electrons. The third-order valence-electron chi connectivity index (χ3n) is 4.14. The number of hydrogen-bond acceptors (Lipinski definition) is 4. The lowest BCUT2D eigenvalue weighted by atomic mass is 9.75. The van der Waals surface area contributed by atoms with Gasteiger partial charge >= 0.3 is 5.97 Å². The standard InChI is InChI=1S/C16H27NO2S/c1-11(2)14-7-6-12(3)10-15(14)19-16(18)13(4)20-9-5-8-17/h11-15H,5-7,9-10H2,1-4H3. The average Bonchev–Trinajstić information content (AvgIpc) is 2.38. The smallest absolute Gasteiger partial charge is 0.319 e. The van der Waals surface area contributed by atoms with Crippen LogP contribution in [0.5, 0.6) is 0 Å². The van der Waals surface area contributed by atoms with Gasteiger partial charge in [0.25, 0.3) is 0 Å². The Morgan fingerprint density at radius 3 is 2.70 bits per heavy atom. The summed E-state index contributed by atoms with van der Waals surface area (Å²) in [6.45, 7) is 8.54. The van der Waals surface area contributed by atoms with Gasteiger partial charge in [-0.3, -0.25) is 4.79 Å². The zero-order valence-electron chi connectivity index (χ0n) is 13.1. The minimum atomic E-state index is -0.173. The molecule has 0 N–H and O–H groups in total. The van der Waals surface area contributed by atoms with Crippen molar-refractivity contribution in [1.29, 1.82) is 5.26 Å². The lowest BCUT2D eigenvalue weighted by Crippen LogP contribution is -2.37. The van der Waals surface area contributed by atoms with E-state index in [0.29, 0.717) is 29.9 Å². The molecule has 1 aliphatic rings. The third-order valence-corrected chi connectivity index (χ3v) is 5.27. The Bertz CT molecular complexity index is 351. The van der Waals surface area contributed by atoms with E-state index < -0.39 is 0 Å². The quantitative estimate of drug-likeness (QED) is 0.548. The molecule has 1 saturated carbocycles. The molecule has 0 aromatic carbocycles. The predicted octanol–water partition coefficient (Wildman–Crippen LogP) is 4.03. The highest BCUT2D eigenvalue weighted by Crippen LogP contribution is 2.35. The molecule has 0 amide bonds. The highest BCUT2D eigenvalue weighted by atomic mass is 32.2. The van der Waals surface area contributed by atoms with Gasteiger partial charge in [-0.2, -0.15) is 5.26 Å². The Morgan fingerprint density at radius 2 is 2.10 bits per heavy atom. The Balaban J connectivity index is 2.50. The number of nitriles is 1. The second kappa shape index (κ2) is 8.56. The first-order valence-electron chi connectivity index (χ1n) is 7.64. The molecule has 0 spiro atoms. The zero-order valence-corrected chi connectivity index (χ0v) is 13.9. The van der Waals surface area contributed by atoms with Crippen LogP contribution in [0.4, 0.5) is 0 Å². The van der Waals surface area contributed by atoms with E-state index in [4.69, 9.17) is 10.00 Å². The van der Waals surface area contributed by atoms with Crippen molar-refractivity contribution in [3.8, 4) is 6.07 Å². The molecule has 0 aromatic heterocycles. The number of nitrogens with zero attached hydrogens (tertiary/aromatic N) is 1. The molecule has 0 heterocycles. The van der Waals surface area contributed by atoms with E-state index in [1.807, 2.05) is 6.92 Å². The Morgan fingerprint density at radius 1 is 1.40 bits per heavy atom. The van der Waals surface area contributed by atoms with Crippen LogP contribution in [0.15, 0.2) is 0 Å². The van der Waals surface area contributed by atoms with E-state index in [-0.39, 0.29) is 17.3 Å². The summed E-state index contributed by atoms with van der Waals surface area (Å²) in [7, 11) is 0. The van der Waals surface area contributed by atoms with E-state index in [0.717, 1.165) is 12.8 Å². The van der Waals surface area contributed by atoms with Crippen molar-refractivity contribution in [1.82, 2.24) is 0 Å². The van der Waals surface area contributed by atoms with Gasteiger partial charge in [0.05, 0.1) is 11.3 Å². The largest absolute Gasteiger partial charge is 0.461 e. The van der Waals surface area contributed by atoms with Crippen LogP contribution in [0.25, 0.3) is 0 Å². The predicted molar refractivity (Wildman–Crippen MR) is 83.4 cm³/mol. The van der Waals surface area contributed by atoms with Crippen molar-refractivity contribution in [3.63, 3.8) is 0 Å². The normalized spacial score (nSPS) is 27.9. The summed E-state index contributed by atoms with van der Waals surface area (Å²) in [4.78, 5) is 12.2. The molecule has 20 heavy (non-hydrogen) atoms. The van der Waals surface area contributed by atoms with Crippen LogP contribution in [-0.2, 0) is 9.53 Å². The molecule has 0 aliphatic heterocycles. The van der Waals surface area contributed by atoms with Crippen LogP contribution in [0, 0.1) is 29.1 Å². The second-order valence-electron chi connectivity index (χ2n) is 6.22. The summed E-state index contributed by atoms with van der Waals surface area (Å²) in [6.07, 6.45) is 3.95. The molecule has 1 fully saturated rings. The highest BCUT2D eigenvalue weighted by Gasteiger charge is 2.34. The highest BCUT2D eigenvalue weighted by molar-refractivity contribution is 8.00. The molecule has 1 aliphatic carbocycles. The summed E-state index contributed by atoms with van der Waals surface area (Å²) in [5, 5.41) is 8.35. The SMILES string of the molecule is CC1CCC(C(C)C)C(OC(=O)C(C)SCCC#N)C1. The summed E-state index contributed by atoms with van der Waals surface area (Å²) >= 11 is 1.51. The van der Waals surface area contributed by atoms with Crippen molar-refractivity contribution < 1.29 is 9.53 Å². The Labute approximate surface area is 127 Å². The molecule has 1 rings (SSSR count). The number of hydrogen-bond donors (Lipinski definition) is 0. The van der Waals surface area contributed by atoms with E-state index in [9.17, 15) is 4.79 Å². The summed E-state index contributed by atoms with van der Waals surface area (Å²) in [5.74, 6) is 2.27. The van der Waals surface area contributed by atoms with Gasteiger partial charge in [-0.05, 0) is 37.5 Å². The van der Waals surface area contributed by atoms with Crippen molar-refractivity contribution in [2.45, 2.75) is 64.7 Å². The zero-order chi connectivity index (χ0) is 15.1. The van der Waals surface area contributed by atoms with Gasteiger partial charge < -0.3 is 4.74 Å². The molecule has 0 aromatic rings. The maximum absolute atomic E-state index is 12.2. The minimum Gasteiger partial charge on any atom is -0.461 e. The fraction of sp³-hybridized carbons (Fsp3) is 0.875. The van der Waals surface area contributed by atoms with Crippen LogP contribution < -0.4 is 0 Å². The maximum Gasteiger partial charge on any atom is 0.319 e. The first kappa shape index (κ1) is 17.4. The van der Waals surface area contributed by atoms with Gasteiger partial charge in [-0.25, -0.2) is 0 Å². The summed E-state index contributed by atoms with van der Waals surface area (Å²) < 4.78 is 5.79. The van der Waals surface area contributed by atoms with E-state index in [1.54, 1.807) is 0 Å². The fourth-order valence-corrected chi connectivity index (χ4v) is 3.60. The van der Waals surface area contributed by atoms with Crippen molar-refractivity contribution >= 4 is 17.7 Å². The van der Waals surface area contributed by atoms with E-state index in [1.165, 1.54) is 18.2 Å². The maximum atomic E-state index is 12.2. The molecular formula is C16H27NO2S. The van der Waals surface area contributed by atoms with Crippen molar-refractivity contribution in [2.75, 3.05) is 5.75 Å². The van der Waals surface area contributed by atoms with Gasteiger partial charge in [-0.1, -0.05) is 27.2 Å². The summed E-state index contributed by atoms with van der Waals surface area (Å²) in [6, 6.07) is 2.10. The second-order valence-corrected chi connectivity index (χ2v) is 7.67. The lowest BCUT2D eigenvalue weighted by Gasteiger charge is -2.37. The molecule has 0 bridgehead atoms. The number of carbonyl (C=O) groups is 1. The van der Waals surface area contributed by atoms with Crippen LogP contribution in [0.1, 0.15) is 53.4 Å². The molecule has 0 radical (unpaired) electrons. The van der Waals surface area contributed by atoms with Gasteiger partial charge in [0, 0.05) is 12.2 Å². The number of thioether (sulfide) groups is 1. The molecule has 0 saturated heterocycles. The fourth-order valence-electron chi connectivity index (χ4n) is 2.84. The first-order chi connectivity index (χ1) is 9.45. The number of carbonyl (C=O) groups excluding carboxylic acids is 1. The van der Waals surface area contributed by atoms with Crippen molar-refractivity contribution in [2.24, 2.45) is 17.8 Å². The van der Waals surface area contributed by atoms with E-state index >= 15 is 0 Å². The number of ether oxygens (including phenoxy) is 1. The monoisotopic (exact) mass is 297 g/mol. The van der Waals surface area contributed by atoms with Crippen LogP contribution >= 0.6 is 11.8 Å². The first-order valence-corrected chi connectivity index (χ1v) is 8.69. The van der Waals surface area contributed by atoms with Crippen molar-refractivity contribution in [3.05, 3.63) is 0 Å². The molecule has 3 nitrogen and oxygen atoms in total. The van der Waals surface area contributed by atoms with Crippen LogP contribution in [0.2, 0.25) is 0 Å². The molecular weight excluding hydrogens is 270 g/mol. The Kier molecular flexibility index (Phi) is 7.43. The lowest BCUT2D eigenvalue weighted by molar-refractivity contribution is -0.154. The van der Waals surface area contributed by atoms with Crippen LogP contribution in [-0.4, -0.2) is 23.1 Å².